The number of carbonyl (C=O) groups excluding carboxylic acids is 1. The first-order chi connectivity index (χ1) is 15.0. The molecule has 0 fully saturated rings. The Morgan fingerprint density at radius 1 is 0.935 bits per heavy atom. The topological polar surface area (TPSA) is 70.3 Å². The molecule has 7 nitrogen and oxygen atoms in total. The van der Waals surface area contributed by atoms with Crippen molar-refractivity contribution in [2.75, 3.05) is 19.5 Å². The van der Waals surface area contributed by atoms with Gasteiger partial charge in [-0.1, -0.05) is 17.7 Å². The molecule has 31 heavy (non-hydrogen) atoms. The van der Waals surface area contributed by atoms with E-state index in [0.29, 0.717) is 34.3 Å². The number of hydrogen-bond donors (Lipinski definition) is 1. The molecule has 1 N–H and O–H groups in total. The van der Waals surface area contributed by atoms with E-state index in [9.17, 15) is 4.79 Å². The van der Waals surface area contributed by atoms with E-state index in [1.807, 2.05) is 67.2 Å². The van der Waals surface area contributed by atoms with Crippen LogP contribution in [0.25, 0.3) is 11.5 Å². The molecule has 7 heteroatoms. The fourth-order valence-electron chi connectivity index (χ4n) is 3.43. The molecule has 1 amide bonds. The van der Waals surface area contributed by atoms with E-state index in [4.69, 9.17) is 9.47 Å². The van der Waals surface area contributed by atoms with Crippen molar-refractivity contribution in [1.82, 2.24) is 14.3 Å². The second kappa shape index (κ2) is 8.39. The van der Waals surface area contributed by atoms with Crippen LogP contribution in [0.1, 0.15) is 21.6 Å². The van der Waals surface area contributed by atoms with Crippen molar-refractivity contribution in [3.05, 3.63) is 83.8 Å². The summed E-state index contributed by atoms with van der Waals surface area (Å²) >= 11 is 0. The van der Waals surface area contributed by atoms with Gasteiger partial charge in [-0.25, -0.2) is 4.68 Å². The lowest BCUT2D eigenvalue weighted by Crippen LogP contribution is -2.16. The number of aryl methyl sites for hydroxylation is 2. The fourth-order valence-corrected chi connectivity index (χ4v) is 3.43. The predicted octanol–water partition coefficient (Wildman–Crippen LogP) is 4.55. The highest BCUT2D eigenvalue weighted by molar-refractivity contribution is 6.07. The second-order valence-corrected chi connectivity index (χ2v) is 7.18. The van der Waals surface area contributed by atoms with E-state index in [0.717, 1.165) is 11.3 Å². The van der Waals surface area contributed by atoms with Crippen molar-refractivity contribution in [3.63, 3.8) is 0 Å². The number of hydrogen-bond acceptors (Lipinski definition) is 4. The second-order valence-electron chi connectivity index (χ2n) is 7.18. The van der Waals surface area contributed by atoms with Gasteiger partial charge in [0.1, 0.15) is 17.1 Å². The van der Waals surface area contributed by atoms with Gasteiger partial charge in [0.15, 0.2) is 5.82 Å². The summed E-state index contributed by atoms with van der Waals surface area (Å²) < 4.78 is 14.3. The van der Waals surface area contributed by atoms with Crippen molar-refractivity contribution >= 4 is 11.6 Å². The Kier molecular flexibility index (Phi) is 5.49. The van der Waals surface area contributed by atoms with Gasteiger partial charge >= 0.3 is 0 Å². The van der Waals surface area contributed by atoms with E-state index in [-0.39, 0.29) is 5.91 Å². The monoisotopic (exact) mass is 416 g/mol. The minimum atomic E-state index is -0.269. The summed E-state index contributed by atoms with van der Waals surface area (Å²) in [6.45, 7) is 3.87. The first-order valence-corrected chi connectivity index (χ1v) is 9.84. The molecule has 0 atom stereocenters. The number of methoxy groups -OCH3 is 2. The van der Waals surface area contributed by atoms with Gasteiger partial charge in [-0.15, -0.1) is 0 Å². The normalized spacial score (nSPS) is 10.7. The van der Waals surface area contributed by atoms with Crippen LogP contribution in [0.3, 0.4) is 0 Å². The summed E-state index contributed by atoms with van der Waals surface area (Å²) in [6.07, 6.45) is 3.79. The standard InChI is InChI=1S/C24H24N4O3/c1-16-7-9-19(10-8-16)28-24(27-11-5-6-12-27)22(17(2)26-28)23(29)25-18-13-20(30-3)15-21(14-18)31-4/h5-15H,1-4H3,(H,25,29). The lowest BCUT2D eigenvalue weighted by molar-refractivity contribution is 0.102. The highest BCUT2D eigenvalue weighted by Gasteiger charge is 2.24. The van der Waals surface area contributed by atoms with E-state index >= 15 is 0 Å². The smallest absolute Gasteiger partial charge is 0.261 e. The summed E-state index contributed by atoms with van der Waals surface area (Å²) in [5, 5.41) is 7.64. The van der Waals surface area contributed by atoms with Gasteiger partial charge in [0, 0.05) is 36.3 Å². The maximum Gasteiger partial charge on any atom is 0.261 e. The Morgan fingerprint density at radius 3 is 2.13 bits per heavy atom. The molecule has 0 unspecified atom stereocenters. The summed E-state index contributed by atoms with van der Waals surface area (Å²) in [4.78, 5) is 13.4. The first-order valence-electron chi connectivity index (χ1n) is 9.84. The van der Waals surface area contributed by atoms with Crippen LogP contribution in [-0.2, 0) is 0 Å². The molecule has 0 saturated heterocycles. The number of ether oxygens (including phenoxy) is 2. The highest BCUT2D eigenvalue weighted by Crippen LogP contribution is 2.28. The molecule has 2 heterocycles. The van der Waals surface area contributed by atoms with Crippen molar-refractivity contribution in [1.29, 1.82) is 0 Å². The maximum absolute atomic E-state index is 13.4. The van der Waals surface area contributed by atoms with E-state index in [1.165, 1.54) is 0 Å². The third-order valence-electron chi connectivity index (χ3n) is 5.00. The minimum Gasteiger partial charge on any atom is -0.497 e. The molecule has 2 aromatic heterocycles. The molecule has 158 valence electrons. The predicted molar refractivity (Wildman–Crippen MR) is 120 cm³/mol. The van der Waals surface area contributed by atoms with E-state index in [1.54, 1.807) is 37.1 Å². The van der Waals surface area contributed by atoms with Crippen LogP contribution >= 0.6 is 0 Å². The molecule has 0 bridgehead atoms. The molecule has 0 aliphatic carbocycles. The van der Waals surface area contributed by atoms with Crippen LogP contribution in [-0.4, -0.2) is 34.5 Å². The van der Waals surface area contributed by atoms with Crippen molar-refractivity contribution < 1.29 is 14.3 Å². The molecule has 0 spiro atoms. The van der Waals surface area contributed by atoms with Gasteiger partial charge in [-0.2, -0.15) is 5.10 Å². The summed E-state index contributed by atoms with van der Waals surface area (Å²) in [7, 11) is 3.14. The van der Waals surface area contributed by atoms with Crippen molar-refractivity contribution in [3.8, 4) is 23.0 Å². The lowest BCUT2D eigenvalue weighted by Gasteiger charge is -2.13. The van der Waals surface area contributed by atoms with Crippen molar-refractivity contribution in [2.24, 2.45) is 0 Å². The third kappa shape index (κ3) is 4.02. The molecule has 4 aromatic rings. The molecule has 0 saturated carbocycles. The molecule has 0 aliphatic rings. The Labute approximate surface area is 180 Å². The maximum atomic E-state index is 13.4. The van der Waals surface area contributed by atoms with Crippen LogP contribution in [0.2, 0.25) is 0 Å². The van der Waals surface area contributed by atoms with Gasteiger partial charge in [0.2, 0.25) is 0 Å². The van der Waals surface area contributed by atoms with Crippen LogP contribution in [0.15, 0.2) is 67.0 Å². The zero-order valence-electron chi connectivity index (χ0n) is 17.9. The summed E-state index contributed by atoms with van der Waals surface area (Å²) in [5.74, 6) is 1.58. The van der Waals surface area contributed by atoms with Crippen LogP contribution in [0.5, 0.6) is 11.5 Å². The van der Waals surface area contributed by atoms with Crippen LogP contribution < -0.4 is 14.8 Å². The molecule has 2 aromatic carbocycles. The van der Waals surface area contributed by atoms with E-state index in [2.05, 4.69) is 10.4 Å². The highest BCUT2D eigenvalue weighted by atomic mass is 16.5. The third-order valence-corrected chi connectivity index (χ3v) is 5.00. The first kappa shape index (κ1) is 20.3. The van der Waals surface area contributed by atoms with Gasteiger partial charge in [-0.05, 0) is 38.1 Å². The molecule has 4 rings (SSSR count). The Bertz CT molecular complexity index is 1190. The SMILES string of the molecule is COc1cc(NC(=O)c2c(C)nn(-c3ccc(C)cc3)c2-n2cccc2)cc(OC)c1. The summed E-state index contributed by atoms with van der Waals surface area (Å²) in [6, 6.07) is 17.1. The number of nitrogens with one attached hydrogen (secondary N) is 1. The van der Waals surface area contributed by atoms with E-state index < -0.39 is 0 Å². The van der Waals surface area contributed by atoms with Gasteiger partial charge < -0.3 is 19.4 Å². The number of amides is 1. The number of carbonyl (C=O) groups is 1. The van der Waals surface area contributed by atoms with Gasteiger partial charge in [0.05, 0.1) is 25.6 Å². The minimum absolute atomic E-state index is 0.269. The van der Waals surface area contributed by atoms with Crippen LogP contribution in [0, 0.1) is 13.8 Å². The fraction of sp³-hybridized carbons (Fsp3) is 0.167. The zero-order chi connectivity index (χ0) is 22.0. The largest absolute Gasteiger partial charge is 0.497 e. The number of benzene rings is 2. The van der Waals surface area contributed by atoms with Crippen LogP contribution in [0.4, 0.5) is 5.69 Å². The summed E-state index contributed by atoms with van der Waals surface area (Å²) in [5.41, 5.74) is 3.71. The molecule has 0 aliphatic heterocycles. The Hall–Kier alpha value is -4.00. The molecular formula is C24H24N4O3. The quantitative estimate of drug-likeness (QED) is 0.501. The Balaban J connectivity index is 1.79. The zero-order valence-corrected chi connectivity index (χ0v) is 17.9. The molecule has 0 radical (unpaired) electrons. The number of anilines is 1. The average molecular weight is 416 g/mol. The molecular weight excluding hydrogens is 392 g/mol. The Morgan fingerprint density at radius 2 is 1.55 bits per heavy atom. The number of nitrogens with zero attached hydrogens (tertiary/aromatic N) is 3. The number of rotatable bonds is 6. The van der Waals surface area contributed by atoms with Gasteiger partial charge in [-0.3, -0.25) is 4.79 Å². The lowest BCUT2D eigenvalue weighted by atomic mass is 10.2. The van der Waals surface area contributed by atoms with Gasteiger partial charge in [0.25, 0.3) is 5.91 Å². The average Bonchev–Trinajstić information content (AvgIpc) is 3.41. The van der Waals surface area contributed by atoms with Crippen molar-refractivity contribution in [2.45, 2.75) is 13.8 Å². The number of aromatic nitrogens is 3.